The third-order valence-electron chi connectivity index (χ3n) is 10.1. The van der Waals surface area contributed by atoms with Crippen molar-refractivity contribution in [3.8, 4) is 45.0 Å². The molecule has 0 saturated heterocycles. The summed E-state index contributed by atoms with van der Waals surface area (Å²) < 4.78 is 10.9. The molecule has 0 atom stereocenters. The number of imidazole rings is 2. The van der Waals surface area contributed by atoms with Crippen LogP contribution in [-0.2, 0) is 21.1 Å². The van der Waals surface area contributed by atoms with E-state index in [1.54, 1.807) is 0 Å². The molecule has 0 N–H and O–H groups in total. The molecule has 0 aliphatic rings. The van der Waals surface area contributed by atoms with E-state index in [0.717, 1.165) is 77.2 Å². The Morgan fingerprint density at radius 2 is 1.13 bits per heavy atom. The van der Waals surface area contributed by atoms with Crippen LogP contribution >= 0.6 is 0 Å². The second-order valence-electron chi connectivity index (χ2n) is 13.1. The van der Waals surface area contributed by atoms with Crippen LogP contribution in [0.2, 0.25) is 0 Å². The Bertz CT molecular complexity index is 3190. The van der Waals surface area contributed by atoms with E-state index < -0.39 is 0 Å². The fraction of sp³-hybridized carbons (Fsp3) is 0. The maximum absolute atomic E-state index is 6.55. The minimum Gasteiger partial charge on any atom is -0.497 e. The van der Waals surface area contributed by atoms with Gasteiger partial charge in [-0.1, -0.05) is 143 Å². The minimum atomic E-state index is 0. The summed E-state index contributed by atoms with van der Waals surface area (Å²) >= 11 is 0. The molecule has 0 aliphatic carbocycles. The number of fused-ring (bicyclic) bond motifs is 12. The molecule has 11 rings (SSSR count). The largest absolute Gasteiger partial charge is 2.00 e. The van der Waals surface area contributed by atoms with Gasteiger partial charge in [0.15, 0.2) is 0 Å². The van der Waals surface area contributed by atoms with Crippen molar-refractivity contribution in [2.45, 2.75) is 0 Å². The summed E-state index contributed by atoms with van der Waals surface area (Å²) in [4.78, 5) is 14.5. The maximum Gasteiger partial charge on any atom is 2.00 e. The van der Waals surface area contributed by atoms with Crippen molar-refractivity contribution < 1.29 is 25.8 Å². The molecule has 0 fully saturated rings. The number of nitrogens with zero attached hydrogens (tertiary/aromatic N) is 5. The van der Waals surface area contributed by atoms with Crippen molar-refractivity contribution in [2.75, 3.05) is 0 Å². The zero-order valence-corrected chi connectivity index (χ0v) is 30.8. The molecule has 54 heavy (non-hydrogen) atoms. The predicted octanol–water partition coefficient (Wildman–Crippen LogP) is 11.4. The summed E-state index contributed by atoms with van der Waals surface area (Å²) in [7, 11) is 0. The number of hydrogen-bond acceptors (Lipinski definition) is 4. The summed E-state index contributed by atoms with van der Waals surface area (Å²) in [5.74, 6) is 1.14. The first-order chi connectivity index (χ1) is 26.3. The van der Waals surface area contributed by atoms with Crippen molar-refractivity contribution in [1.29, 1.82) is 0 Å². The van der Waals surface area contributed by atoms with Crippen molar-refractivity contribution in [1.82, 2.24) is 23.8 Å². The van der Waals surface area contributed by atoms with Crippen molar-refractivity contribution >= 4 is 54.8 Å². The molecule has 0 radical (unpaired) electrons. The number of ether oxygens (including phenoxy) is 1. The standard InChI is InChI=1S/C47H27N5O.Pt/c1-4-11-30(12-5-1)37-27-39-35-20-18-33(25-40(35)46-49-23-24-51(46)43(39)28-38(37)31-13-6-2-7-14-31)53-34-19-21-36-41(26-34)47-50-29-44(32-15-8-3-9-16-32)52(47)42-17-10-22-48-45(36)42;/h1-24,27-29H;/q-2;+2. The molecule has 0 aliphatic heterocycles. The van der Waals surface area contributed by atoms with Gasteiger partial charge in [-0.3, -0.25) is 15.0 Å². The van der Waals surface area contributed by atoms with Crippen LogP contribution in [0.4, 0.5) is 0 Å². The summed E-state index contributed by atoms with van der Waals surface area (Å²) in [5.41, 5.74) is 11.3. The molecule has 7 heteroatoms. The minimum absolute atomic E-state index is 0. The van der Waals surface area contributed by atoms with Gasteiger partial charge in [0.1, 0.15) is 0 Å². The molecule has 5 aromatic heterocycles. The molecule has 5 heterocycles. The SMILES string of the molecule is [Pt+2].[c-]1c(Oc2[c-]c3c(cc2)c2ncccc2n2c(-c4ccccc4)cnc32)ccc2c1c1nccn1c1cc(-c3ccccc3)c(-c3ccccc3)cc21. The number of pyridine rings is 3. The zero-order valence-electron chi connectivity index (χ0n) is 28.5. The van der Waals surface area contributed by atoms with E-state index in [-0.39, 0.29) is 21.1 Å². The Labute approximate surface area is 324 Å². The average Bonchev–Trinajstić information content (AvgIpc) is 3.91. The van der Waals surface area contributed by atoms with E-state index in [4.69, 9.17) is 19.7 Å². The van der Waals surface area contributed by atoms with Gasteiger partial charge in [-0.2, -0.15) is 0 Å². The topological polar surface area (TPSA) is 56.7 Å². The van der Waals surface area contributed by atoms with Crippen LogP contribution in [0.3, 0.4) is 0 Å². The van der Waals surface area contributed by atoms with Crippen LogP contribution in [-0.4, -0.2) is 23.8 Å². The van der Waals surface area contributed by atoms with Crippen molar-refractivity contribution in [3.05, 3.63) is 176 Å². The van der Waals surface area contributed by atoms with Crippen molar-refractivity contribution in [2.24, 2.45) is 0 Å². The third kappa shape index (κ3) is 5.02. The van der Waals surface area contributed by atoms with E-state index in [1.807, 2.05) is 67.3 Å². The normalized spacial score (nSPS) is 11.6. The zero-order chi connectivity index (χ0) is 34.9. The molecule has 6 nitrogen and oxygen atoms in total. The predicted molar refractivity (Wildman–Crippen MR) is 212 cm³/mol. The summed E-state index contributed by atoms with van der Waals surface area (Å²) in [6.45, 7) is 0. The van der Waals surface area contributed by atoms with Crippen molar-refractivity contribution in [3.63, 3.8) is 0 Å². The van der Waals surface area contributed by atoms with Crippen LogP contribution in [0.5, 0.6) is 11.5 Å². The number of hydrogen-bond donors (Lipinski definition) is 0. The van der Waals surface area contributed by atoms with E-state index in [1.165, 1.54) is 11.1 Å². The smallest absolute Gasteiger partial charge is 0.497 e. The van der Waals surface area contributed by atoms with Crippen LogP contribution in [0.1, 0.15) is 0 Å². The molecular formula is C47H27N5OPt. The van der Waals surface area contributed by atoms with Gasteiger partial charge in [0, 0.05) is 41.8 Å². The van der Waals surface area contributed by atoms with Crippen LogP contribution < -0.4 is 4.74 Å². The maximum atomic E-state index is 6.55. The molecule has 0 amide bonds. The number of benzene rings is 6. The van der Waals surface area contributed by atoms with Gasteiger partial charge in [0.2, 0.25) is 0 Å². The molecule has 256 valence electrons. The fourth-order valence-corrected chi connectivity index (χ4v) is 7.73. The first kappa shape index (κ1) is 32.1. The summed E-state index contributed by atoms with van der Waals surface area (Å²) in [6.07, 6.45) is 7.61. The molecule has 0 saturated carbocycles. The quantitative estimate of drug-likeness (QED) is 0.128. The van der Waals surface area contributed by atoms with E-state index in [9.17, 15) is 0 Å². The van der Waals surface area contributed by atoms with Crippen LogP contribution in [0.15, 0.2) is 164 Å². The molecule has 0 spiro atoms. The Kier molecular flexibility index (Phi) is 7.60. The van der Waals surface area contributed by atoms with Crippen LogP contribution in [0, 0.1) is 12.1 Å². The molecule has 6 aromatic carbocycles. The van der Waals surface area contributed by atoms with Crippen LogP contribution in [0.25, 0.3) is 88.3 Å². The van der Waals surface area contributed by atoms with Gasteiger partial charge in [-0.25, -0.2) is 0 Å². The molecule has 0 bridgehead atoms. The van der Waals surface area contributed by atoms with Gasteiger partial charge in [0.25, 0.3) is 0 Å². The summed E-state index contributed by atoms with van der Waals surface area (Å²) in [5, 5.41) is 4.84. The van der Waals surface area contributed by atoms with Gasteiger partial charge in [0.05, 0.1) is 28.0 Å². The first-order valence-electron chi connectivity index (χ1n) is 17.5. The van der Waals surface area contributed by atoms with Gasteiger partial charge in [-0.05, 0) is 51.4 Å². The fourth-order valence-electron chi connectivity index (χ4n) is 7.73. The second kappa shape index (κ2) is 12.8. The molecule has 0 unspecified atom stereocenters. The van der Waals surface area contributed by atoms with Gasteiger partial charge >= 0.3 is 21.1 Å². The molecular weight excluding hydrogens is 846 g/mol. The van der Waals surface area contributed by atoms with E-state index in [0.29, 0.717) is 11.5 Å². The van der Waals surface area contributed by atoms with Gasteiger partial charge < -0.3 is 13.5 Å². The Hall–Kier alpha value is -6.62. The monoisotopic (exact) mass is 872 g/mol. The van der Waals surface area contributed by atoms with Gasteiger partial charge in [-0.15, -0.1) is 12.1 Å². The Balaban J connectivity index is 0.00000361. The third-order valence-corrected chi connectivity index (χ3v) is 10.1. The first-order valence-corrected chi connectivity index (χ1v) is 17.5. The summed E-state index contributed by atoms with van der Waals surface area (Å²) in [6, 6.07) is 55.3. The Morgan fingerprint density at radius 3 is 1.83 bits per heavy atom. The second-order valence-corrected chi connectivity index (χ2v) is 13.1. The Morgan fingerprint density at radius 1 is 0.500 bits per heavy atom. The molecule has 11 aromatic rings. The number of aromatic nitrogens is 5. The van der Waals surface area contributed by atoms with E-state index >= 15 is 0 Å². The number of rotatable bonds is 5. The average molecular weight is 873 g/mol. The van der Waals surface area contributed by atoms with E-state index in [2.05, 4.69) is 118 Å².